The van der Waals surface area contributed by atoms with Crippen LogP contribution < -0.4 is 10.6 Å². The summed E-state index contributed by atoms with van der Waals surface area (Å²) in [5.41, 5.74) is 1.76. The van der Waals surface area contributed by atoms with Gasteiger partial charge in [0.1, 0.15) is 5.82 Å². The molecule has 0 atom stereocenters. The first-order valence-electron chi connectivity index (χ1n) is 7.50. The van der Waals surface area contributed by atoms with Crippen molar-refractivity contribution in [2.75, 3.05) is 17.2 Å². The van der Waals surface area contributed by atoms with Crippen LogP contribution in [-0.2, 0) is 6.42 Å². The van der Waals surface area contributed by atoms with Crippen LogP contribution in [0.2, 0.25) is 10.0 Å². The average molecular weight is 378 g/mol. The Balaban J connectivity index is 1.59. The highest BCUT2D eigenvalue weighted by Crippen LogP contribution is 2.26. The van der Waals surface area contributed by atoms with Crippen molar-refractivity contribution in [1.82, 2.24) is 15.2 Å². The summed E-state index contributed by atoms with van der Waals surface area (Å²) in [5, 5.41) is 15.0. The Hall–Kier alpha value is -2.44. The van der Waals surface area contributed by atoms with E-state index in [9.17, 15) is 4.39 Å². The van der Waals surface area contributed by atoms with Crippen molar-refractivity contribution in [3.05, 3.63) is 70.1 Å². The number of hydrogen-bond donors (Lipinski definition) is 2. The van der Waals surface area contributed by atoms with Gasteiger partial charge in [0.2, 0.25) is 5.95 Å². The summed E-state index contributed by atoms with van der Waals surface area (Å²) >= 11 is 11.9. The van der Waals surface area contributed by atoms with E-state index in [1.54, 1.807) is 30.3 Å². The van der Waals surface area contributed by atoms with Crippen LogP contribution in [0, 0.1) is 5.82 Å². The molecule has 1 aromatic heterocycles. The van der Waals surface area contributed by atoms with Crippen molar-refractivity contribution in [3.63, 3.8) is 0 Å². The molecule has 0 spiro atoms. The highest BCUT2D eigenvalue weighted by Gasteiger charge is 2.04. The predicted molar refractivity (Wildman–Crippen MR) is 98.2 cm³/mol. The van der Waals surface area contributed by atoms with Gasteiger partial charge in [0.25, 0.3) is 0 Å². The number of aromatic nitrogens is 3. The number of nitrogens with one attached hydrogen (secondary N) is 2. The van der Waals surface area contributed by atoms with Gasteiger partial charge in [-0.25, -0.2) is 4.39 Å². The highest BCUT2D eigenvalue weighted by molar-refractivity contribution is 6.42. The monoisotopic (exact) mass is 377 g/mol. The van der Waals surface area contributed by atoms with E-state index in [1.807, 2.05) is 0 Å². The van der Waals surface area contributed by atoms with Gasteiger partial charge in [-0.2, -0.15) is 10.1 Å². The van der Waals surface area contributed by atoms with E-state index in [4.69, 9.17) is 23.2 Å². The van der Waals surface area contributed by atoms with Gasteiger partial charge in [-0.3, -0.25) is 0 Å². The summed E-state index contributed by atoms with van der Waals surface area (Å²) in [4.78, 5) is 4.33. The third-order valence-electron chi connectivity index (χ3n) is 3.36. The molecule has 0 unspecified atom stereocenters. The fourth-order valence-corrected chi connectivity index (χ4v) is 2.43. The Kier molecular flexibility index (Phi) is 5.63. The molecule has 2 aromatic carbocycles. The van der Waals surface area contributed by atoms with Crippen molar-refractivity contribution in [2.24, 2.45) is 0 Å². The molecule has 2 N–H and O–H groups in total. The summed E-state index contributed by atoms with van der Waals surface area (Å²) in [5.74, 6) is 0.676. The first-order chi connectivity index (χ1) is 12.1. The van der Waals surface area contributed by atoms with Gasteiger partial charge < -0.3 is 10.6 Å². The molecule has 25 heavy (non-hydrogen) atoms. The van der Waals surface area contributed by atoms with Gasteiger partial charge in [-0.05, 0) is 42.3 Å². The van der Waals surface area contributed by atoms with E-state index in [-0.39, 0.29) is 5.82 Å². The summed E-state index contributed by atoms with van der Waals surface area (Å²) in [6.07, 6.45) is 2.22. The summed E-state index contributed by atoms with van der Waals surface area (Å²) < 4.78 is 12.9. The van der Waals surface area contributed by atoms with Crippen LogP contribution >= 0.6 is 23.2 Å². The standard InChI is InChI=1S/C17H14Cl2FN5/c18-14-6-5-13(9-15(14)19)23-16-10-22-25-17(24-16)21-8-7-11-1-3-12(20)4-2-11/h1-6,9-10H,7-8H2,(H2,21,23,24,25). The maximum Gasteiger partial charge on any atom is 0.244 e. The molecule has 0 aliphatic rings. The minimum absolute atomic E-state index is 0.245. The van der Waals surface area contributed by atoms with E-state index in [1.165, 1.54) is 18.3 Å². The lowest BCUT2D eigenvalue weighted by molar-refractivity contribution is 0.627. The van der Waals surface area contributed by atoms with Crippen molar-refractivity contribution in [1.29, 1.82) is 0 Å². The molecular weight excluding hydrogens is 364 g/mol. The van der Waals surface area contributed by atoms with Gasteiger partial charge in [-0.15, -0.1) is 5.10 Å². The van der Waals surface area contributed by atoms with Crippen molar-refractivity contribution < 1.29 is 4.39 Å². The Labute approximate surface area is 154 Å². The normalized spacial score (nSPS) is 10.5. The zero-order chi connectivity index (χ0) is 17.6. The maximum absolute atomic E-state index is 12.9. The topological polar surface area (TPSA) is 62.7 Å². The zero-order valence-corrected chi connectivity index (χ0v) is 14.5. The molecule has 3 rings (SSSR count). The van der Waals surface area contributed by atoms with E-state index in [2.05, 4.69) is 25.8 Å². The van der Waals surface area contributed by atoms with Gasteiger partial charge >= 0.3 is 0 Å². The Bertz CT molecular complexity index is 858. The highest BCUT2D eigenvalue weighted by atomic mass is 35.5. The van der Waals surface area contributed by atoms with Gasteiger partial charge in [0.05, 0.1) is 16.2 Å². The number of anilines is 3. The molecule has 0 fully saturated rings. The summed E-state index contributed by atoms with van der Waals surface area (Å²) in [7, 11) is 0. The molecule has 0 radical (unpaired) electrons. The fraction of sp³-hybridized carbons (Fsp3) is 0.118. The molecule has 3 aromatic rings. The lowest BCUT2D eigenvalue weighted by Crippen LogP contribution is -2.09. The van der Waals surface area contributed by atoms with Crippen molar-refractivity contribution in [2.45, 2.75) is 6.42 Å². The number of halogens is 3. The number of benzene rings is 2. The number of hydrogen-bond acceptors (Lipinski definition) is 5. The third kappa shape index (κ3) is 5.01. The Morgan fingerprint density at radius 1 is 1.00 bits per heavy atom. The van der Waals surface area contributed by atoms with E-state index >= 15 is 0 Å². The predicted octanol–water partition coefficient (Wildman–Crippen LogP) is 4.72. The summed E-state index contributed by atoms with van der Waals surface area (Å²) in [6.45, 7) is 0.601. The quantitative estimate of drug-likeness (QED) is 0.650. The second-order valence-electron chi connectivity index (χ2n) is 5.22. The second kappa shape index (κ2) is 8.09. The molecule has 0 aliphatic heterocycles. The molecule has 0 bridgehead atoms. The SMILES string of the molecule is Fc1ccc(CCNc2nncc(Nc3ccc(Cl)c(Cl)c3)n2)cc1. The average Bonchev–Trinajstić information content (AvgIpc) is 2.60. The lowest BCUT2D eigenvalue weighted by atomic mass is 10.1. The van der Waals surface area contributed by atoms with Crippen LogP contribution in [0.3, 0.4) is 0 Å². The Morgan fingerprint density at radius 2 is 1.80 bits per heavy atom. The van der Waals surface area contributed by atoms with Gasteiger partial charge in [-0.1, -0.05) is 35.3 Å². The van der Waals surface area contributed by atoms with E-state index in [0.29, 0.717) is 34.8 Å². The molecule has 8 heteroatoms. The maximum atomic E-state index is 12.9. The molecule has 1 heterocycles. The van der Waals surface area contributed by atoms with E-state index in [0.717, 1.165) is 11.3 Å². The van der Waals surface area contributed by atoms with Crippen molar-refractivity contribution >= 4 is 40.7 Å². The van der Waals surface area contributed by atoms with Crippen LogP contribution in [0.15, 0.2) is 48.7 Å². The smallest absolute Gasteiger partial charge is 0.244 e. The third-order valence-corrected chi connectivity index (χ3v) is 4.10. The van der Waals surface area contributed by atoms with Crippen molar-refractivity contribution in [3.8, 4) is 0 Å². The van der Waals surface area contributed by atoms with E-state index < -0.39 is 0 Å². The van der Waals surface area contributed by atoms with Gasteiger partial charge in [0.15, 0.2) is 5.82 Å². The fourth-order valence-electron chi connectivity index (χ4n) is 2.13. The number of nitrogens with zero attached hydrogens (tertiary/aromatic N) is 3. The molecule has 5 nitrogen and oxygen atoms in total. The lowest BCUT2D eigenvalue weighted by Gasteiger charge is -2.08. The minimum atomic E-state index is -0.245. The van der Waals surface area contributed by atoms with Crippen LogP contribution in [0.1, 0.15) is 5.56 Å². The molecule has 0 aliphatic carbocycles. The minimum Gasteiger partial charge on any atom is -0.353 e. The largest absolute Gasteiger partial charge is 0.353 e. The first-order valence-corrected chi connectivity index (χ1v) is 8.26. The van der Waals surface area contributed by atoms with Gasteiger partial charge in [0, 0.05) is 12.2 Å². The first kappa shape index (κ1) is 17.4. The Morgan fingerprint density at radius 3 is 2.56 bits per heavy atom. The van der Waals surface area contributed by atoms with Crippen LogP contribution in [0.4, 0.5) is 21.8 Å². The molecule has 0 saturated carbocycles. The molecule has 0 saturated heterocycles. The van der Waals surface area contributed by atoms with Crippen LogP contribution in [-0.4, -0.2) is 21.7 Å². The zero-order valence-electron chi connectivity index (χ0n) is 13.0. The second-order valence-corrected chi connectivity index (χ2v) is 6.04. The number of rotatable bonds is 6. The summed E-state index contributed by atoms with van der Waals surface area (Å²) in [6, 6.07) is 11.6. The molecular formula is C17H14Cl2FN5. The van der Waals surface area contributed by atoms with Crippen LogP contribution in [0.25, 0.3) is 0 Å². The molecule has 128 valence electrons. The van der Waals surface area contributed by atoms with Crippen LogP contribution in [0.5, 0.6) is 0 Å². The molecule has 0 amide bonds.